The van der Waals surface area contributed by atoms with Crippen molar-refractivity contribution in [3.05, 3.63) is 24.3 Å². The highest BCUT2D eigenvalue weighted by molar-refractivity contribution is 7.80. The van der Waals surface area contributed by atoms with Crippen LogP contribution in [-0.2, 0) is 0 Å². The number of rotatable bonds is 3. The van der Waals surface area contributed by atoms with Crippen molar-refractivity contribution in [1.82, 2.24) is 5.32 Å². The molecule has 2 N–H and O–H groups in total. The molecule has 0 aliphatic heterocycles. The van der Waals surface area contributed by atoms with E-state index in [1.165, 1.54) is 0 Å². The van der Waals surface area contributed by atoms with E-state index in [1.807, 2.05) is 24.1 Å². The summed E-state index contributed by atoms with van der Waals surface area (Å²) in [5.41, 5.74) is 0.960. The maximum Gasteiger partial charge on any atom is 0.173 e. The van der Waals surface area contributed by atoms with E-state index in [4.69, 9.17) is 17.3 Å². The standard InChI is InChI=1S/C11H16N2OS/c1-3-8-12-11(15)13(2)9-4-6-10(14)7-5-9/h4-7,14H,3,8H2,1-2H3,(H,12,15). The topological polar surface area (TPSA) is 35.5 Å². The minimum atomic E-state index is 0.264. The van der Waals surface area contributed by atoms with E-state index in [-0.39, 0.29) is 5.75 Å². The van der Waals surface area contributed by atoms with E-state index in [1.54, 1.807) is 12.1 Å². The Balaban J connectivity index is 2.63. The average molecular weight is 224 g/mol. The molecule has 3 nitrogen and oxygen atoms in total. The van der Waals surface area contributed by atoms with Crippen molar-refractivity contribution < 1.29 is 5.11 Å². The van der Waals surface area contributed by atoms with Gasteiger partial charge in [-0.05, 0) is 42.9 Å². The molecule has 0 spiro atoms. The zero-order valence-corrected chi connectivity index (χ0v) is 9.84. The Labute approximate surface area is 95.7 Å². The molecular formula is C11H16N2OS. The van der Waals surface area contributed by atoms with Gasteiger partial charge in [-0.3, -0.25) is 0 Å². The lowest BCUT2D eigenvalue weighted by Crippen LogP contribution is -2.37. The maximum absolute atomic E-state index is 9.15. The SMILES string of the molecule is CCCNC(=S)N(C)c1ccc(O)cc1. The Morgan fingerprint density at radius 1 is 1.40 bits per heavy atom. The molecule has 15 heavy (non-hydrogen) atoms. The molecule has 0 amide bonds. The van der Waals surface area contributed by atoms with E-state index in [0.29, 0.717) is 5.11 Å². The summed E-state index contributed by atoms with van der Waals surface area (Å²) in [6.07, 6.45) is 1.05. The minimum Gasteiger partial charge on any atom is -0.508 e. The van der Waals surface area contributed by atoms with Crippen molar-refractivity contribution in [3.8, 4) is 5.75 Å². The number of phenolic OH excluding ortho intramolecular Hbond substituents is 1. The van der Waals surface area contributed by atoms with Crippen LogP contribution in [-0.4, -0.2) is 23.8 Å². The summed E-state index contributed by atoms with van der Waals surface area (Å²) in [5.74, 6) is 0.264. The molecule has 0 saturated heterocycles. The second-order valence-electron chi connectivity index (χ2n) is 3.31. The monoisotopic (exact) mass is 224 g/mol. The fourth-order valence-electron chi connectivity index (χ4n) is 1.14. The van der Waals surface area contributed by atoms with E-state index in [2.05, 4.69) is 12.2 Å². The lowest BCUT2D eigenvalue weighted by molar-refractivity contribution is 0.475. The van der Waals surface area contributed by atoms with Crippen LogP contribution < -0.4 is 10.2 Å². The fourth-order valence-corrected chi connectivity index (χ4v) is 1.35. The third kappa shape index (κ3) is 3.40. The Morgan fingerprint density at radius 2 is 2.00 bits per heavy atom. The van der Waals surface area contributed by atoms with Crippen molar-refractivity contribution in [2.24, 2.45) is 0 Å². The van der Waals surface area contributed by atoms with Gasteiger partial charge in [0.25, 0.3) is 0 Å². The molecule has 0 aromatic heterocycles. The van der Waals surface area contributed by atoms with Gasteiger partial charge in [-0.2, -0.15) is 0 Å². The zero-order valence-electron chi connectivity index (χ0n) is 9.03. The van der Waals surface area contributed by atoms with Crippen LogP contribution in [0, 0.1) is 0 Å². The molecule has 82 valence electrons. The molecule has 0 radical (unpaired) electrons. The number of phenols is 1. The van der Waals surface area contributed by atoms with Gasteiger partial charge in [0.15, 0.2) is 5.11 Å². The molecule has 4 heteroatoms. The second kappa shape index (κ2) is 5.56. The predicted molar refractivity (Wildman–Crippen MR) is 67.4 cm³/mol. The quantitative estimate of drug-likeness (QED) is 0.771. The average Bonchev–Trinajstić information content (AvgIpc) is 2.26. The molecule has 0 heterocycles. The maximum atomic E-state index is 9.15. The number of benzene rings is 1. The number of nitrogens with zero attached hydrogens (tertiary/aromatic N) is 1. The highest BCUT2D eigenvalue weighted by Gasteiger charge is 2.05. The summed E-state index contributed by atoms with van der Waals surface area (Å²) in [6.45, 7) is 2.97. The lowest BCUT2D eigenvalue weighted by Gasteiger charge is -2.20. The highest BCUT2D eigenvalue weighted by atomic mass is 32.1. The Bertz CT molecular complexity index is 324. The van der Waals surface area contributed by atoms with Crippen molar-refractivity contribution >= 4 is 23.0 Å². The summed E-state index contributed by atoms with van der Waals surface area (Å²) in [5, 5.41) is 13.0. The largest absolute Gasteiger partial charge is 0.508 e. The Kier molecular flexibility index (Phi) is 4.37. The number of hydrogen-bond donors (Lipinski definition) is 2. The number of aromatic hydroxyl groups is 1. The van der Waals surface area contributed by atoms with Gasteiger partial charge in [0.1, 0.15) is 5.75 Å². The zero-order chi connectivity index (χ0) is 11.3. The molecule has 1 aromatic carbocycles. The van der Waals surface area contributed by atoms with Crippen LogP contribution in [0.5, 0.6) is 5.75 Å². The molecule has 0 unspecified atom stereocenters. The number of thiocarbonyl (C=S) groups is 1. The van der Waals surface area contributed by atoms with Gasteiger partial charge in [0.05, 0.1) is 0 Å². The van der Waals surface area contributed by atoms with Gasteiger partial charge >= 0.3 is 0 Å². The van der Waals surface area contributed by atoms with Crippen molar-refractivity contribution in [2.45, 2.75) is 13.3 Å². The summed E-state index contributed by atoms with van der Waals surface area (Å²) in [4.78, 5) is 1.88. The normalized spacial score (nSPS) is 9.73. The Hall–Kier alpha value is -1.29. The minimum absolute atomic E-state index is 0.264. The molecule has 0 fully saturated rings. The van der Waals surface area contributed by atoms with E-state index in [0.717, 1.165) is 18.7 Å². The smallest absolute Gasteiger partial charge is 0.173 e. The third-order valence-electron chi connectivity index (χ3n) is 2.07. The van der Waals surface area contributed by atoms with Gasteiger partial charge in [0.2, 0.25) is 0 Å². The van der Waals surface area contributed by atoms with Crippen molar-refractivity contribution in [2.75, 3.05) is 18.5 Å². The van der Waals surface area contributed by atoms with Gasteiger partial charge in [-0.25, -0.2) is 0 Å². The molecule has 1 rings (SSSR count). The first-order chi connectivity index (χ1) is 7.15. The first-order valence-corrected chi connectivity index (χ1v) is 5.36. The molecular weight excluding hydrogens is 208 g/mol. The summed E-state index contributed by atoms with van der Waals surface area (Å²) < 4.78 is 0. The van der Waals surface area contributed by atoms with Crippen LogP contribution in [0.2, 0.25) is 0 Å². The van der Waals surface area contributed by atoms with Crippen LogP contribution in [0.25, 0.3) is 0 Å². The van der Waals surface area contributed by atoms with E-state index < -0.39 is 0 Å². The summed E-state index contributed by atoms with van der Waals surface area (Å²) >= 11 is 5.21. The summed E-state index contributed by atoms with van der Waals surface area (Å²) in [6, 6.07) is 6.95. The third-order valence-corrected chi connectivity index (χ3v) is 2.49. The van der Waals surface area contributed by atoms with Crippen LogP contribution in [0.15, 0.2) is 24.3 Å². The van der Waals surface area contributed by atoms with Crippen LogP contribution in [0.4, 0.5) is 5.69 Å². The van der Waals surface area contributed by atoms with Crippen LogP contribution in [0.1, 0.15) is 13.3 Å². The molecule has 0 atom stereocenters. The predicted octanol–water partition coefficient (Wildman–Crippen LogP) is 2.11. The van der Waals surface area contributed by atoms with Gasteiger partial charge in [-0.15, -0.1) is 0 Å². The molecule has 0 aliphatic carbocycles. The second-order valence-corrected chi connectivity index (χ2v) is 3.69. The molecule has 0 bridgehead atoms. The van der Waals surface area contributed by atoms with Crippen LogP contribution in [0.3, 0.4) is 0 Å². The molecule has 0 aliphatic rings. The lowest BCUT2D eigenvalue weighted by atomic mass is 10.3. The summed E-state index contributed by atoms with van der Waals surface area (Å²) in [7, 11) is 1.90. The highest BCUT2D eigenvalue weighted by Crippen LogP contribution is 2.17. The number of hydrogen-bond acceptors (Lipinski definition) is 2. The Morgan fingerprint density at radius 3 is 2.53 bits per heavy atom. The molecule has 1 aromatic rings. The first kappa shape index (κ1) is 11.8. The van der Waals surface area contributed by atoms with Crippen LogP contribution >= 0.6 is 12.2 Å². The molecule has 0 saturated carbocycles. The number of anilines is 1. The van der Waals surface area contributed by atoms with Gasteiger partial charge < -0.3 is 15.3 Å². The van der Waals surface area contributed by atoms with Gasteiger partial charge in [0, 0.05) is 19.3 Å². The van der Waals surface area contributed by atoms with Crippen molar-refractivity contribution in [3.63, 3.8) is 0 Å². The fraction of sp³-hybridized carbons (Fsp3) is 0.364. The van der Waals surface area contributed by atoms with Gasteiger partial charge in [-0.1, -0.05) is 6.92 Å². The first-order valence-electron chi connectivity index (χ1n) is 4.95. The van der Waals surface area contributed by atoms with E-state index >= 15 is 0 Å². The van der Waals surface area contributed by atoms with Crippen molar-refractivity contribution in [1.29, 1.82) is 0 Å². The number of nitrogens with one attached hydrogen (secondary N) is 1. The van der Waals surface area contributed by atoms with E-state index in [9.17, 15) is 0 Å².